The maximum absolute atomic E-state index is 9.42. The van der Waals surface area contributed by atoms with Crippen LogP contribution in [0.25, 0.3) is 11.4 Å². The van der Waals surface area contributed by atoms with Gasteiger partial charge in [0, 0.05) is 12.0 Å². The molecule has 6 heteroatoms. The summed E-state index contributed by atoms with van der Waals surface area (Å²) < 4.78 is 5.13. The summed E-state index contributed by atoms with van der Waals surface area (Å²) in [6.45, 7) is 0.696. The van der Waals surface area contributed by atoms with Gasteiger partial charge in [-0.3, -0.25) is 0 Å². The third kappa shape index (κ3) is 3.45. The van der Waals surface area contributed by atoms with E-state index in [0.717, 1.165) is 25.7 Å². The summed E-state index contributed by atoms with van der Waals surface area (Å²) >= 11 is 0. The number of nitrogens with zero attached hydrogens (tertiary/aromatic N) is 2. The van der Waals surface area contributed by atoms with Crippen LogP contribution in [-0.4, -0.2) is 26.9 Å². The van der Waals surface area contributed by atoms with E-state index in [0.29, 0.717) is 23.8 Å². The van der Waals surface area contributed by atoms with Crippen molar-refractivity contribution in [1.29, 1.82) is 0 Å². The normalized spacial score (nSPS) is 10.8. The average Bonchev–Trinajstić information content (AvgIpc) is 2.87. The molecule has 0 radical (unpaired) electrons. The topological polar surface area (TPSA) is 105 Å². The second-order valence-corrected chi connectivity index (χ2v) is 4.31. The number of unbranched alkanes of at least 4 members (excludes halogenated alkanes) is 2. The zero-order valence-electron chi connectivity index (χ0n) is 10.5. The van der Waals surface area contributed by atoms with Crippen LogP contribution in [0.15, 0.2) is 22.7 Å². The van der Waals surface area contributed by atoms with Crippen LogP contribution in [0.5, 0.6) is 11.5 Å². The number of aromatic hydroxyl groups is 2. The van der Waals surface area contributed by atoms with E-state index in [1.807, 2.05) is 0 Å². The molecule has 1 heterocycles. The second kappa shape index (κ2) is 6.19. The molecule has 2 aromatic rings. The Labute approximate surface area is 110 Å². The number of benzene rings is 1. The van der Waals surface area contributed by atoms with Gasteiger partial charge >= 0.3 is 0 Å². The number of nitrogens with two attached hydrogens (primary N) is 1. The minimum atomic E-state index is -0.202. The van der Waals surface area contributed by atoms with Crippen LogP contribution in [0, 0.1) is 0 Å². The van der Waals surface area contributed by atoms with Crippen LogP contribution in [-0.2, 0) is 6.42 Å². The molecule has 0 aliphatic rings. The fraction of sp³-hybridized carbons (Fsp3) is 0.385. The molecule has 0 unspecified atom stereocenters. The Kier molecular flexibility index (Phi) is 4.35. The molecule has 6 nitrogen and oxygen atoms in total. The quantitative estimate of drug-likeness (QED) is 0.542. The molecule has 0 aliphatic heterocycles. The van der Waals surface area contributed by atoms with E-state index >= 15 is 0 Å². The minimum absolute atomic E-state index is 0.172. The predicted molar refractivity (Wildman–Crippen MR) is 69.7 cm³/mol. The molecule has 1 aromatic heterocycles. The number of aromatic nitrogens is 2. The number of rotatable bonds is 6. The van der Waals surface area contributed by atoms with E-state index in [-0.39, 0.29) is 11.5 Å². The van der Waals surface area contributed by atoms with Gasteiger partial charge in [0.15, 0.2) is 11.5 Å². The van der Waals surface area contributed by atoms with Crippen molar-refractivity contribution in [2.45, 2.75) is 25.7 Å². The summed E-state index contributed by atoms with van der Waals surface area (Å²) in [5, 5.41) is 22.5. The minimum Gasteiger partial charge on any atom is -0.504 e. The molecule has 0 fully saturated rings. The van der Waals surface area contributed by atoms with Crippen molar-refractivity contribution in [3.8, 4) is 22.9 Å². The molecule has 102 valence electrons. The summed E-state index contributed by atoms with van der Waals surface area (Å²) in [5.41, 5.74) is 6.02. The molecule has 1 aromatic carbocycles. The Bertz CT molecular complexity index is 540. The monoisotopic (exact) mass is 263 g/mol. The average molecular weight is 263 g/mol. The largest absolute Gasteiger partial charge is 0.504 e. The smallest absolute Gasteiger partial charge is 0.226 e. The van der Waals surface area contributed by atoms with Gasteiger partial charge in [0.25, 0.3) is 0 Å². The van der Waals surface area contributed by atoms with Gasteiger partial charge < -0.3 is 20.5 Å². The maximum Gasteiger partial charge on any atom is 0.226 e. The molecule has 0 bridgehead atoms. The molecule has 0 amide bonds. The lowest BCUT2D eigenvalue weighted by atomic mass is 10.2. The zero-order valence-corrected chi connectivity index (χ0v) is 10.5. The first-order valence-corrected chi connectivity index (χ1v) is 6.25. The molecule has 4 N–H and O–H groups in total. The number of aryl methyl sites for hydroxylation is 1. The first-order valence-electron chi connectivity index (χ1n) is 6.25. The molecule has 0 saturated heterocycles. The fourth-order valence-electron chi connectivity index (χ4n) is 1.73. The summed E-state index contributed by atoms with van der Waals surface area (Å²) in [6, 6.07) is 4.42. The Balaban J connectivity index is 2.01. The molecule has 0 atom stereocenters. The van der Waals surface area contributed by atoms with Crippen molar-refractivity contribution in [3.63, 3.8) is 0 Å². The molecule has 19 heavy (non-hydrogen) atoms. The highest BCUT2D eigenvalue weighted by Gasteiger charge is 2.10. The van der Waals surface area contributed by atoms with Gasteiger partial charge in [-0.2, -0.15) is 4.98 Å². The fourth-order valence-corrected chi connectivity index (χ4v) is 1.73. The SMILES string of the molecule is NCCCCCc1nc(-c2ccc(O)c(O)c2)no1. The number of hydrogen-bond donors (Lipinski definition) is 3. The summed E-state index contributed by atoms with van der Waals surface area (Å²) in [4.78, 5) is 4.25. The summed E-state index contributed by atoms with van der Waals surface area (Å²) in [5.74, 6) is 0.602. The molecular weight excluding hydrogens is 246 g/mol. The molecule has 0 aliphatic carbocycles. The van der Waals surface area contributed by atoms with E-state index in [1.165, 1.54) is 12.1 Å². The number of hydrogen-bond acceptors (Lipinski definition) is 6. The zero-order chi connectivity index (χ0) is 13.7. The van der Waals surface area contributed by atoms with Gasteiger partial charge in [-0.1, -0.05) is 11.6 Å². The van der Waals surface area contributed by atoms with Gasteiger partial charge in [0.1, 0.15) is 0 Å². The van der Waals surface area contributed by atoms with Crippen LogP contribution in [0.2, 0.25) is 0 Å². The Morgan fingerprint density at radius 1 is 1.11 bits per heavy atom. The van der Waals surface area contributed by atoms with E-state index in [9.17, 15) is 10.2 Å². The highest BCUT2D eigenvalue weighted by Crippen LogP contribution is 2.29. The molecular formula is C13H17N3O3. The maximum atomic E-state index is 9.42. The highest BCUT2D eigenvalue weighted by atomic mass is 16.5. The van der Waals surface area contributed by atoms with Crippen LogP contribution < -0.4 is 5.73 Å². The van der Waals surface area contributed by atoms with E-state index in [1.54, 1.807) is 6.07 Å². The van der Waals surface area contributed by atoms with Crippen molar-refractivity contribution in [1.82, 2.24) is 10.1 Å². The lowest BCUT2D eigenvalue weighted by molar-refractivity contribution is 0.374. The molecule has 0 saturated carbocycles. The lowest BCUT2D eigenvalue weighted by Crippen LogP contribution is -1.98. The van der Waals surface area contributed by atoms with Crippen molar-refractivity contribution < 1.29 is 14.7 Å². The van der Waals surface area contributed by atoms with Crippen molar-refractivity contribution in [3.05, 3.63) is 24.1 Å². The Hall–Kier alpha value is -2.08. The molecule has 0 spiro atoms. The van der Waals surface area contributed by atoms with Crippen LogP contribution in [0.3, 0.4) is 0 Å². The van der Waals surface area contributed by atoms with Gasteiger partial charge in [-0.15, -0.1) is 0 Å². The standard InChI is InChI=1S/C13H17N3O3/c14-7-3-1-2-4-12-15-13(16-19-12)9-5-6-10(17)11(18)8-9/h5-6,8,17-18H,1-4,7,14H2. The van der Waals surface area contributed by atoms with E-state index in [4.69, 9.17) is 10.3 Å². The third-order valence-electron chi connectivity index (χ3n) is 2.80. The Morgan fingerprint density at radius 3 is 2.68 bits per heavy atom. The predicted octanol–water partition coefficient (Wildman–Crippen LogP) is 1.82. The molecule has 2 rings (SSSR count). The summed E-state index contributed by atoms with van der Waals surface area (Å²) in [6.07, 6.45) is 3.71. The van der Waals surface area contributed by atoms with E-state index < -0.39 is 0 Å². The van der Waals surface area contributed by atoms with Gasteiger partial charge in [0.2, 0.25) is 11.7 Å². The summed E-state index contributed by atoms with van der Waals surface area (Å²) in [7, 11) is 0. The van der Waals surface area contributed by atoms with E-state index in [2.05, 4.69) is 10.1 Å². The number of phenols is 2. The van der Waals surface area contributed by atoms with Gasteiger partial charge in [0.05, 0.1) is 0 Å². The van der Waals surface area contributed by atoms with Gasteiger partial charge in [-0.25, -0.2) is 0 Å². The Morgan fingerprint density at radius 2 is 1.95 bits per heavy atom. The first kappa shape index (κ1) is 13.4. The second-order valence-electron chi connectivity index (χ2n) is 4.31. The van der Waals surface area contributed by atoms with Crippen LogP contribution >= 0.6 is 0 Å². The van der Waals surface area contributed by atoms with Crippen LogP contribution in [0.1, 0.15) is 25.2 Å². The number of phenolic OH excluding ortho intramolecular Hbond substituents is 2. The van der Waals surface area contributed by atoms with Crippen molar-refractivity contribution in [2.24, 2.45) is 5.73 Å². The highest BCUT2D eigenvalue weighted by molar-refractivity contribution is 5.59. The van der Waals surface area contributed by atoms with Gasteiger partial charge in [-0.05, 0) is 37.6 Å². The van der Waals surface area contributed by atoms with Crippen LogP contribution in [0.4, 0.5) is 0 Å². The first-order chi connectivity index (χ1) is 9.20. The van der Waals surface area contributed by atoms with Crippen molar-refractivity contribution in [2.75, 3.05) is 6.54 Å². The third-order valence-corrected chi connectivity index (χ3v) is 2.80. The lowest BCUT2D eigenvalue weighted by Gasteiger charge is -1.98. The van der Waals surface area contributed by atoms with Crippen molar-refractivity contribution >= 4 is 0 Å².